The van der Waals surface area contributed by atoms with Gasteiger partial charge < -0.3 is 10.1 Å². The molecule has 0 aliphatic carbocycles. The van der Waals surface area contributed by atoms with Gasteiger partial charge in [0.05, 0.1) is 35.7 Å². The first-order chi connectivity index (χ1) is 15.9. The van der Waals surface area contributed by atoms with Crippen molar-refractivity contribution in [3.8, 4) is 0 Å². The van der Waals surface area contributed by atoms with Crippen LogP contribution in [0.5, 0.6) is 0 Å². The number of nitrogens with one attached hydrogen (secondary N) is 1. The Balaban J connectivity index is 1.85. The topological polar surface area (TPSA) is 90.3 Å². The average molecular weight is 468 g/mol. The van der Waals surface area contributed by atoms with Gasteiger partial charge in [-0.25, -0.2) is 4.98 Å². The molecule has 0 radical (unpaired) electrons. The van der Waals surface area contributed by atoms with E-state index in [2.05, 4.69) is 17.2 Å². The molecule has 1 heterocycles. The van der Waals surface area contributed by atoms with Gasteiger partial charge in [0.25, 0.3) is 5.56 Å². The molecule has 174 valence electrons. The minimum Gasteiger partial charge on any atom is -0.469 e. The van der Waals surface area contributed by atoms with Crippen LogP contribution in [0.15, 0.2) is 64.5 Å². The summed E-state index contributed by atoms with van der Waals surface area (Å²) in [4.78, 5) is 42.5. The van der Waals surface area contributed by atoms with E-state index in [9.17, 15) is 14.4 Å². The van der Waals surface area contributed by atoms with Crippen LogP contribution in [0.4, 0.5) is 0 Å². The number of fused-ring (bicyclic) bond motifs is 1. The summed E-state index contributed by atoms with van der Waals surface area (Å²) in [6.45, 7) is 4.00. The van der Waals surface area contributed by atoms with Crippen molar-refractivity contribution >= 4 is 34.5 Å². The van der Waals surface area contributed by atoms with E-state index in [1.54, 1.807) is 25.1 Å². The van der Waals surface area contributed by atoms with Crippen LogP contribution in [0.1, 0.15) is 44.7 Å². The molecule has 0 saturated carbocycles. The van der Waals surface area contributed by atoms with E-state index in [0.29, 0.717) is 16.1 Å². The Hall–Kier alpha value is -3.13. The molecule has 8 heteroatoms. The number of hydrogen-bond acceptors (Lipinski definition) is 6. The first kappa shape index (κ1) is 24.5. The van der Waals surface area contributed by atoms with Gasteiger partial charge in [0.1, 0.15) is 0 Å². The Morgan fingerprint density at radius 1 is 1.12 bits per heavy atom. The van der Waals surface area contributed by atoms with Crippen LogP contribution in [-0.2, 0) is 20.9 Å². The molecule has 7 nitrogen and oxygen atoms in total. The van der Waals surface area contributed by atoms with E-state index >= 15 is 0 Å². The van der Waals surface area contributed by atoms with Crippen LogP contribution in [0.2, 0.25) is 0 Å². The Morgan fingerprint density at radius 2 is 1.82 bits per heavy atom. The van der Waals surface area contributed by atoms with E-state index in [1.165, 1.54) is 23.4 Å². The maximum absolute atomic E-state index is 13.1. The molecule has 0 aliphatic rings. The van der Waals surface area contributed by atoms with Gasteiger partial charge in [0.2, 0.25) is 5.91 Å². The van der Waals surface area contributed by atoms with Gasteiger partial charge in [-0.3, -0.25) is 19.0 Å². The number of amides is 1. The number of carbonyl (C=O) groups excluding carboxylic acids is 2. The lowest BCUT2D eigenvalue weighted by atomic mass is 10.0. The first-order valence-electron chi connectivity index (χ1n) is 11.0. The summed E-state index contributed by atoms with van der Waals surface area (Å²) in [7, 11) is 1.31. The van der Waals surface area contributed by atoms with Gasteiger partial charge in [-0.1, -0.05) is 67.6 Å². The highest BCUT2D eigenvalue weighted by Crippen LogP contribution is 2.25. The standard InChI is InChI=1S/C25H29N3O4S/c1-4-10-20(18-11-6-5-7-12-18)26-23(30)17(2)33-25-27-21-14-9-8-13-19(21)24(31)28(25)16-15-22(29)32-3/h5-9,11-14,17,20H,4,10,15-16H2,1-3H3,(H,26,30)/t17-,20-/m1/s1. The van der Waals surface area contributed by atoms with Gasteiger partial charge in [-0.2, -0.15) is 0 Å². The number of aromatic nitrogens is 2. The van der Waals surface area contributed by atoms with E-state index in [-0.39, 0.29) is 30.5 Å². The number of rotatable bonds is 10. The Labute approximate surface area is 197 Å². The normalized spacial score (nSPS) is 12.8. The summed E-state index contributed by atoms with van der Waals surface area (Å²) in [5.74, 6) is -0.550. The third kappa shape index (κ3) is 6.22. The minimum absolute atomic E-state index is 0.0388. The highest BCUT2D eigenvalue weighted by Gasteiger charge is 2.22. The number of methoxy groups -OCH3 is 1. The van der Waals surface area contributed by atoms with Gasteiger partial charge in [-0.15, -0.1) is 0 Å². The van der Waals surface area contributed by atoms with E-state index in [0.717, 1.165) is 18.4 Å². The number of para-hydroxylation sites is 1. The molecule has 1 aromatic heterocycles. The second-order valence-corrected chi connectivity index (χ2v) is 9.02. The van der Waals surface area contributed by atoms with Crippen molar-refractivity contribution in [3.63, 3.8) is 0 Å². The Kier molecular flexibility index (Phi) is 8.65. The molecule has 0 unspecified atom stereocenters. The van der Waals surface area contributed by atoms with Crippen LogP contribution in [0, 0.1) is 0 Å². The van der Waals surface area contributed by atoms with Crippen molar-refractivity contribution in [3.05, 3.63) is 70.5 Å². The molecule has 2 atom stereocenters. The summed E-state index contributed by atoms with van der Waals surface area (Å²) in [6, 6.07) is 16.9. The molecule has 0 spiro atoms. The van der Waals surface area contributed by atoms with Crippen LogP contribution in [-0.4, -0.2) is 33.8 Å². The van der Waals surface area contributed by atoms with Gasteiger partial charge in [-0.05, 0) is 31.0 Å². The highest BCUT2D eigenvalue weighted by molar-refractivity contribution is 8.00. The van der Waals surface area contributed by atoms with Crippen LogP contribution < -0.4 is 10.9 Å². The van der Waals surface area contributed by atoms with E-state index < -0.39 is 11.2 Å². The van der Waals surface area contributed by atoms with Gasteiger partial charge >= 0.3 is 5.97 Å². The van der Waals surface area contributed by atoms with Crippen molar-refractivity contribution in [1.29, 1.82) is 0 Å². The van der Waals surface area contributed by atoms with Gasteiger partial charge in [0.15, 0.2) is 5.16 Å². The minimum atomic E-state index is -0.495. The SMILES string of the molecule is CCC[C@@H](NC(=O)[C@@H](C)Sc1nc2ccccc2c(=O)n1CCC(=O)OC)c1ccccc1. The zero-order valence-electron chi connectivity index (χ0n) is 19.1. The van der Waals surface area contributed by atoms with Crippen LogP contribution in [0.25, 0.3) is 10.9 Å². The number of ether oxygens (including phenoxy) is 1. The summed E-state index contributed by atoms with van der Waals surface area (Å²) in [6.07, 6.45) is 1.79. The van der Waals surface area contributed by atoms with E-state index in [1.807, 2.05) is 36.4 Å². The molecule has 0 saturated heterocycles. The number of hydrogen-bond donors (Lipinski definition) is 1. The predicted molar refractivity (Wildman–Crippen MR) is 130 cm³/mol. The molecule has 0 fully saturated rings. The van der Waals surface area contributed by atoms with Crippen molar-refractivity contribution in [2.75, 3.05) is 7.11 Å². The number of benzene rings is 2. The maximum atomic E-state index is 13.1. The predicted octanol–water partition coefficient (Wildman–Crippen LogP) is 4.10. The number of esters is 1. The molecule has 1 N–H and O–H groups in total. The summed E-state index contributed by atoms with van der Waals surface area (Å²) >= 11 is 1.21. The lowest BCUT2D eigenvalue weighted by Crippen LogP contribution is -2.35. The lowest BCUT2D eigenvalue weighted by molar-refractivity contribution is -0.140. The molecule has 0 bridgehead atoms. The molecule has 3 aromatic rings. The van der Waals surface area contributed by atoms with Crippen molar-refractivity contribution < 1.29 is 14.3 Å². The second-order valence-electron chi connectivity index (χ2n) is 7.72. The Bertz CT molecular complexity index is 1160. The fourth-order valence-corrected chi connectivity index (χ4v) is 4.48. The smallest absolute Gasteiger partial charge is 0.307 e. The maximum Gasteiger partial charge on any atom is 0.307 e. The lowest BCUT2D eigenvalue weighted by Gasteiger charge is -2.21. The summed E-state index contributed by atoms with van der Waals surface area (Å²) in [5, 5.41) is 3.51. The molecule has 2 aromatic carbocycles. The van der Waals surface area contributed by atoms with E-state index in [4.69, 9.17) is 4.74 Å². The van der Waals surface area contributed by atoms with Crippen LogP contribution in [0.3, 0.4) is 0 Å². The molecule has 3 rings (SSSR count). The Morgan fingerprint density at radius 3 is 2.52 bits per heavy atom. The first-order valence-corrected chi connectivity index (χ1v) is 11.9. The number of carbonyl (C=O) groups is 2. The fraction of sp³-hybridized carbons (Fsp3) is 0.360. The number of nitrogens with zero attached hydrogens (tertiary/aromatic N) is 2. The van der Waals surface area contributed by atoms with Crippen molar-refractivity contribution in [1.82, 2.24) is 14.9 Å². The zero-order valence-corrected chi connectivity index (χ0v) is 19.9. The third-order valence-electron chi connectivity index (χ3n) is 5.34. The molecule has 1 amide bonds. The molecule has 0 aliphatic heterocycles. The third-order valence-corrected chi connectivity index (χ3v) is 6.43. The zero-order chi connectivity index (χ0) is 23.8. The quantitative estimate of drug-likeness (QED) is 0.274. The highest BCUT2D eigenvalue weighted by atomic mass is 32.2. The molecular weight excluding hydrogens is 438 g/mol. The molecular formula is C25H29N3O4S. The second kappa shape index (κ2) is 11.7. The monoisotopic (exact) mass is 467 g/mol. The van der Waals surface area contributed by atoms with Crippen molar-refractivity contribution in [2.24, 2.45) is 0 Å². The summed E-state index contributed by atoms with van der Waals surface area (Å²) < 4.78 is 6.17. The van der Waals surface area contributed by atoms with Gasteiger partial charge in [0, 0.05) is 6.54 Å². The largest absolute Gasteiger partial charge is 0.469 e. The van der Waals surface area contributed by atoms with Crippen molar-refractivity contribution in [2.45, 2.75) is 56.1 Å². The average Bonchev–Trinajstić information content (AvgIpc) is 2.83. The molecule has 33 heavy (non-hydrogen) atoms. The fourth-order valence-electron chi connectivity index (χ4n) is 3.54. The summed E-state index contributed by atoms with van der Waals surface area (Å²) in [5.41, 5.74) is 1.37. The van der Waals surface area contributed by atoms with Crippen LogP contribution >= 0.6 is 11.8 Å². The number of thioether (sulfide) groups is 1.